The monoisotopic (exact) mass is 250 g/mol. The Bertz CT molecular complexity index is 456. The first kappa shape index (κ1) is 12.0. The van der Waals surface area contributed by atoms with E-state index < -0.39 is 6.10 Å². The molecule has 2 atom stereocenters. The second-order valence-corrected chi connectivity index (χ2v) is 5.96. The summed E-state index contributed by atoms with van der Waals surface area (Å²) in [4.78, 5) is 0. The molecule has 0 saturated heterocycles. The largest absolute Gasteiger partial charge is 0.487 e. The van der Waals surface area contributed by atoms with Gasteiger partial charge in [0, 0.05) is 12.0 Å². The molecule has 1 aliphatic heterocycles. The second-order valence-electron chi connectivity index (χ2n) is 5.96. The predicted octanol–water partition coefficient (Wildman–Crippen LogP) is 3.59. The molecule has 0 aromatic heterocycles. The average Bonchev–Trinajstić information content (AvgIpc) is 2.25. The fraction of sp³-hybridized carbons (Fsp3) is 0.600. The first-order valence-electron chi connectivity index (χ1n) is 6.72. The fourth-order valence-corrected chi connectivity index (χ4v) is 3.13. The lowest BCUT2D eigenvalue weighted by Gasteiger charge is -2.42. The van der Waals surface area contributed by atoms with Crippen LogP contribution in [0.4, 0.5) is 4.39 Å². The minimum atomic E-state index is -0.616. The lowest BCUT2D eigenvalue weighted by molar-refractivity contribution is -0.0250. The summed E-state index contributed by atoms with van der Waals surface area (Å²) >= 11 is 0. The highest BCUT2D eigenvalue weighted by Crippen LogP contribution is 2.45. The molecule has 0 amide bonds. The zero-order valence-corrected chi connectivity index (χ0v) is 10.7. The Labute approximate surface area is 107 Å². The summed E-state index contributed by atoms with van der Waals surface area (Å²) in [6, 6.07) is 4.40. The Balaban J connectivity index is 1.83. The van der Waals surface area contributed by atoms with Crippen LogP contribution in [0.5, 0.6) is 5.75 Å². The summed E-state index contributed by atoms with van der Waals surface area (Å²) in [5.41, 5.74) is 0.274. The molecule has 1 aliphatic carbocycles. The lowest BCUT2D eigenvalue weighted by Crippen LogP contribution is -2.41. The molecule has 1 aromatic rings. The second kappa shape index (κ2) is 4.23. The molecule has 1 aromatic carbocycles. The number of aliphatic hydroxyl groups is 1. The van der Waals surface area contributed by atoms with Crippen molar-refractivity contribution in [3.63, 3.8) is 0 Å². The number of benzene rings is 1. The number of hydrogen-bond donors (Lipinski definition) is 1. The molecule has 1 saturated carbocycles. The van der Waals surface area contributed by atoms with Crippen LogP contribution in [0, 0.1) is 11.7 Å². The molecule has 3 rings (SSSR count). The molecule has 0 spiro atoms. The average molecular weight is 250 g/mol. The van der Waals surface area contributed by atoms with Crippen LogP contribution in [0.2, 0.25) is 0 Å². The van der Waals surface area contributed by atoms with Crippen LogP contribution in [-0.4, -0.2) is 10.7 Å². The quantitative estimate of drug-likeness (QED) is 0.869. The van der Waals surface area contributed by atoms with Gasteiger partial charge in [-0.25, -0.2) is 4.39 Å². The van der Waals surface area contributed by atoms with Crippen molar-refractivity contribution in [3.05, 3.63) is 29.6 Å². The molecule has 0 radical (unpaired) electrons. The molecular formula is C15H19FO2. The Morgan fingerprint density at radius 2 is 2.22 bits per heavy atom. The predicted molar refractivity (Wildman–Crippen MR) is 67.0 cm³/mol. The summed E-state index contributed by atoms with van der Waals surface area (Å²) in [6.07, 6.45) is 4.78. The topological polar surface area (TPSA) is 29.5 Å². The van der Waals surface area contributed by atoms with Gasteiger partial charge in [-0.15, -0.1) is 0 Å². The van der Waals surface area contributed by atoms with Crippen molar-refractivity contribution in [3.8, 4) is 5.75 Å². The molecule has 18 heavy (non-hydrogen) atoms. The van der Waals surface area contributed by atoms with Crippen LogP contribution in [0.3, 0.4) is 0 Å². The van der Waals surface area contributed by atoms with Gasteiger partial charge in [-0.2, -0.15) is 0 Å². The first-order valence-corrected chi connectivity index (χ1v) is 6.72. The molecule has 1 N–H and O–H groups in total. The van der Waals surface area contributed by atoms with Crippen molar-refractivity contribution in [2.24, 2.45) is 5.92 Å². The van der Waals surface area contributed by atoms with Gasteiger partial charge in [0.1, 0.15) is 17.2 Å². The third kappa shape index (κ3) is 2.12. The number of ether oxygens (including phenoxy) is 1. The summed E-state index contributed by atoms with van der Waals surface area (Å²) in [5, 5.41) is 10.2. The molecular weight excluding hydrogens is 231 g/mol. The maximum Gasteiger partial charge on any atom is 0.126 e. The van der Waals surface area contributed by atoms with E-state index in [2.05, 4.69) is 6.92 Å². The normalized spacial score (nSPS) is 31.4. The Hall–Kier alpha value is -1.09. The Kier molecular flexibility index (Phi) is 2.81. The van der Waals surface area contributed by atoms with E-state index in [9.17, 15) is 9.50 Å². The highest BCUT2D eigenvalue weighted by atomic mass is 19.1. The minimum absolute atomic E-state index is 0.310. The molecule has 2 aliphatic rings. The van der Waals surface area contributed by atoms with E-state index >= 15 is 0 Å². The number of halogens is 1. The number of aliphatic hydroxyl groups excluding tert-OH is 1. The van der Waals surface area contributed by atoms with Gasteiger partial charge in [0.2, 0.25) is 0 Å². The molecule has 1 heterocycles. The van der Waals surface area contributed by atoms with Crippen LogP contribution < -0.4 is 4.74 Å². The maximum atomic E-state index is 13.2. The van der Waals surface area contributed by atoms with Gasteiger partial charge in [0.15, 0.2) is 0 Å². The van der Waals surface area contributed by atoms with E-state index in [-0.39, 0.29) is 11.4 Å². The van der Waals surface area contributed by atoms with E-state index in [1.54, 1.807) is 6.07 Å². The van der Waals surface area contributed by atoms with Crippen LogP contribution in [0.25, 0.3) is 0 Å². The lowest BCUT2D eigenvalue weighted by atomic mass is 9.75. The third-order valence-corrected chi connectivity index (χ3v) is 4.26. The van der Waals surface area contributed by atoms with Gasteiger partial charge in [0.05, 0.1) is 6.10 Å². The maximum absolute atomic E-state index is 13.2. The van der Waals surface area contributed by atoms with Gasteiger partial charge in [-0.1, -0.05) is 19.3 Å². The van der Waals surface area contributed by atoms with Crippen molar-refractivity contribution in [2.75, 3.05) is 0 Å². The minimum Gasteiger partial charge on any atom is -0.487 e. The highest BCUT2D eigenvalue weighted by Gasteiger charge is 2.39. The molecule has 1 fully saturated rings. The standard InChI is InChI=1S/C15H19FO2/c1-15(8-10-3-2-4-10)9-13(17)12-7-11(16)5-6-14(12)18-15/h5-7,10,13,17H,2-4,8-9H2,1H3/t13-,15?/m0/s1. The van der Waals surface area contributed by atoms with Crippen molar-refractivity contribution in [1.29, 1.82) is 0 Å². The van der Waals surface area contributed by atoms with Crippen molar-refractivity contribution >= 4 is 0 Å². The summed E-state index contributed by atoms with van der Waals surface area (Å²) < 4.78 is 19.2. The van der Waals surface area contributed by atoms with Crippen LogP contribution in [0.1, 0.15) is 50.7 Å². The number of fused-ring (bicyclic) bond motifs is 1. The van der Waals surface area contributed by atoms with E-state index in [0.717, 1.165) is 12.3 Å². The zero-order chi connectivity index (χ0) is 12.8. The van der Waals surface area contributed by atoms with Crippen LogP contribution in [0.15, 0.2) is 18.2 Å². The van der Waals surface area contributed by atoms with Crippen LogP contribution >= 0.6 is 0 Å². The molecule has 0 bridgehead atoms. The summed E-state index contributed by atoms with van der Waals surface area (Å²) in [5.74, 6) is 1.04. The molecule has 2 nitrogen and oxygen atoms in total. The Morgan fingerprint density at radius 1 is 1.44 bits per heavy atom. The van der Waals surface area contributed by atoms with Gasteiger partial charge in [0.25, 0.3) is 0 Å². The van der Waals surface area contributed by atoms with E-state index in [4.69, 9.17) is 4.74 Å². The van der Waals surface area contributed by atoms with Crippen molar-refractivity contribution < 1.29 is 14.2 Å². The smallest absolute Gasteiger partial charge is 0.126 e. The van der Waals surface area contributed by atoms with Gasteiger partial charge >= 0.3 is 0 Å². The number of hydrogen-bond acceptors (Lipinski definition) is 2. The Morgan fingerprint density at radius 3 is 2.89 bits per heavy atom. The van der Waals surface area contributed by atoms with Gasteiger partial charge < -0.3 is 9.84 Å². The SMILES string of the molecule is CC1(CC2CCC2)C[C@H](O)c2cc(F)ccc2O1. The van der Waals surface area contributed by atoms with E-state index in [1.807, 2.05) is 0 Å². The van der Waals surface area contributed by atoms with Crippen LogP contribution in [-0.2, 0) is 0 Å². The highest BCUT2D eigenvalue weighted by molar-refractivity contribution is 5.38. The van der Waals surface area contributed by atoms with Gasteiger partial charge in [-0.3, -0.25) is 0 Å². The molecule has 98 valence electrons. The fourth-order valence-electron chi connectivity index (χ4n) is 3.13. The van der Waals surface area contributed by atoms with E-state index in [0.29, 0.717) is 17.7 Å². The summed E-state index contributed by atoms with van der Waals surface area (Å²) in [7, 11) is 0. The van der Waals surface area contributed by atoms with E-state index in [1.165, 1.54) is 31.4 Å². The zero-order valence-electron chi connectivity index (χ0n) is 10.7. The summed E-state index contributed by atoms with van der Waals surface area (Å²) in [6.45, 7) is 2.06. The third-order valence-electron chi connectivity index (χ3n) is 4.26. The first-order chi connectivity index (χ1) is 8.56. The van der Waals surface area contributed by atoms with Gasteiger partial charge in [-0.05, 0) is 37.5 Å². The molecule has 3 heteroatoms. The van der Waals surface area contributed by atoms with Crippen molar-refractivity contribution in [2.45, 2.75) is 50.7 Å². The molecule has 1 unspecified atom stereocenters. The van der Waals surface area contributed by atoms with Crippen molar-refractivity contribution in [1.82, 2.24) is 0 Å². The number of rotatable bonds is 2.